The zero-order valence-corrected chi connectivity index (χ0v) is 16.4. The van der Waals surface area contributed by atoms with Crippen LogP contribution in [0.1, 0.15) is 5.56 Å². The smallest absolute Gasteiger partial charge is 0.268 e. The van der Waals surface area contributed by atoms with Gasteiger partial charge in [-0.3, -0.25) is 9.69 Å². The van der Waals surface area contributed by atoms with Gasteiger partial charge in [-0.1, -0.05) is 89.6 Å². The van der Waals surface area contributed by atoms with Crippen molar-refractivity contribution < 1.29 is 4.79 Å². The molecule has 1 fully saturated rings. The summed E-state index contributed by atoms with van der Waals surface area (Å²) in [6, 6.07) is 19.0. The molecule has 3 aromatic rings. The molecule has 0 radical (unpaired) electrons. The summed E-state index contributed by atoms with van der Waals surface area (Å²) in [5.41, 5.74) is 1.40. The van der Waals surface area contributed by atoms with Crippen molar-refractivity contribution in [2.45, 2.75) is 0 Å². The minimum Gasteiger partial charge on any atom is -0.268 e. The SMILES string of the molecule is O=C1/C(=C/c2c(Cl)cccc2Cl)SC(=S)N1c1cccc2ccccc12. The molecule has 0 N–H and O–H groups in total. The van der Waals surface area contributed by atoms with Crippen LogP contribution in [0.5, 0.6) is 0 Å². The maximum absolute atomic E-state index is 13.1. The topological polar surface area (TPSA) is 20.3 Å². The Kier molecular flexibility index (Phi) is 4.76. The van der Waals surface area contributed by atoms with Crippen molar-refractivity contribution in [1.82, 2.24) is 0 Å². The molecular weight excluding hydrogens is 405 g/mol. The number of thioether (sulfide) groups is 1. The minimum absolute atomic E-state index is 0.174. The van der Waals surface area contributed by atoms with E-state index in [9.17, 15) is 4.79 Å². The monoisotopic (exact) mass is 415 g/mol. The van der Waals surface area contributed by atoms with Gasteiger partial charge in [-0.15, -0.1) is 0 Å². The van der Waals surface area contributed by atoms with Crippen molar-refractivity contribution >= 4 is 79.9 Å². The van der Waals surface area contributed by atoms with E-state index >= 15 is 0 Å². The van der Waals surface area contributed by atoms with Crippen molar-refractivity contribution in [3.05, 3.63) is 81.2 Å². The van der Waals surface area contributed by atoms with Crippen LogP contribution in [0.3, 0.4) is 0 Å². The lowest BCUT2D eigenvalue weighted by atomic mass is 10.1. The third-order valence-electron chi connectivity index (χ3n) is 4.08. The number of carbonyl (C=O) groups is 1. The number of hydrogen-bond donors (Lipinski definition) is 0. The molecule has 0 atom stereocenters. The average Bonchev–Trinajstić information content (AvgIpc) is 2.91. The predicted molar refractivity (Wildman–Crippen MR) is 116 cm³/mol. The van der Waals surface area contributed by atoms with Crippen LogP contribution in [0, 0.1) is 0 Å². The zero-order valence-electron chi connectivity index (χ0n) is 13.3. The summed E-state index contributed by atoms with van der Waals surface area (Å²) in [6.07, 6.45) is 1.70. The van der Waals surface area contributed by atoms with E-state index in [4.69, 9.17) is 35.4 Å². The van der Waals surface area contributed by atoms with E-state index in [2.05, 4.69) is 0 Å². The number of anilines is 1. The Morgan fingerprint density at radius 1 is 0.923 bits per heavy atom. The van der Waals surface area contributed by atoms with Gasteiger partial charge in [0.15, 0.2) is 4.32 Å². The van der Waals surface area contributed by atoms with E-state index in [0.717, 1.165) is 16.5 Å². The number of amides is 1. The van der Waals surface area contributed by atoms with E-state index in [-0.39, 0.29) is 5.91 Å². The first-order valence-electron chi connectivity index (χ1n) is 7.76. The molecule has 2 nitrogen and oxygen atoms in total. The second kappa shape index (κ2) is 7.05. The number of thiocarbonyl (C=S) groups is 1. The van der Waals surface area contributed by atoms with Crippen molar-refractivity contribution in [3.63, 3.8) is 0 Å². The summed E-state index contributed by atoms with van der Waals surface area (Å²) >= 11 is 19.2. The summed E-state index contributed by atoms with van der Waals surface area (Å²) in [5, 5.41) is 3.02. The van der Waals surface area contributed by atoms with Gasteiger partial charge >= 0.3 is 0 Å². The van der Waals surface area contributed by atoms with E-state index < -0.39 is 0 Å². The van der Waals surface area contributed by atoms with Crippen molar-refractivity contribution in [2.24, 2.45) is 0 Å². The number of nitrogens with zero attached hydrogens (tertiary/aromatic N) is 1. The normalized spacial score (nSPS) is 16.1. The highest BCUT2D eigenvalue weighted by Gasteiger charge is 2.34. The predicted octanol–water partition coefficient (Wildman–Crippen LogP) is 6.55. The lowest BCUT2D eigenvalue weighted by Gasteiger charge is -2.17. The van der Waals surface area contributed by atoms with Gasteiger partial charge < -0.3 is 0 Å². The molecule has 128 valence electrons. The number of halogens is 2. The van der Waals surface area contributed by atoms with Crippen LogP contribution in [-0.4, -0.2) is 10.2 Å². The van der Waals surface area contributed by atoms with E-state index in [1.807, 2.05) is 42.5 Å². The fourth-order valence-electron chi connectivity index (χ4n) is 2.86. The zero-order chi connectivity index (χ0) is 18.3. The summed E-state index contributed by atoms with van der Waals surface area (Å²) in [6.45, 7) is 0. The second-order valence-corrected chi connectivity index (χ2v) is 8.14. The van der Waals surface area contributed by atoms with Crippen LogP contribution in [0.4, 0.5) is 5.69 Å². The molecule has 3 aromatic carbocycles. The highest BCUT2D eigenvalue weighted by Crippen LogP contribution is 2.40. The molecule has 0 saturated carbocycles. The quantitative estimate of drug-likeness (QED) is 0.349. The third-order valence-corrected chi connectivity index (χ3v) is 6.04. The van der Waals surface area contributed by atoms with Gasteiger partial charge in [0.25, 0.3) is 5.91 Å². The maximum atomic E-state index is 13.1. The number of rotatable bonds is 2. The molecule has 1 aliphatic rings. The fraction of sp³-hybridized carbons (Fsp3) is 0. The van der Waals surface area contributed by atoms with Crippen LogP contribution in [0.25, 0.3) is 16.8 Å². The van der Waals surface area contributed by atoms with Crippen LogP contribution < -0.4 is 4.90 Å². The molecule has 6 heteroatoms. The molecule has 1 amide bonds. The van der Waals surface area contributed by atoms with E-state index in [1.54, 1.807) is 29.2 Å². The Labute approximate surface area is 170 Å². The average molecular weight is 416 g/mol. The first-order chi connectivity index (χ1) is 12.6. The molecular formula is C20H11Cl2NOS2. The first-order valence-corrected chi connectivity index (χ1v) is 9.74. The van der Waals surface area contributed by atoms with Crippen molar-refractivity contribution in [1.29, 1.82) is 0 Å². The fourth-order valence-corrected chi connectivity index (χ4v) is 4.63. The number of hydrogen-bond acceptors (Lipinski definition) is 3. The van der Waals surface area contributed by atoms with E-state index in [1.165, 1.54) is 11.8 Å². The van der Waals surface area contributed by atoms with Crippen LogP contribution in [-0.2, 0) is 4.79 Å². The summed E-state index contributed by atoms with van der Waals surface area (Å²) in [5.74, 6) is -0.174. The van der Waals surface area contributed by atoms with Gasteiger partial charge in [0.2, 0.25) is 0 Å². The van der Waals surface area contributed by atoms with Gasteiger partial charge in [0.1, 0.15) is 0 Å². The maximum Gasteiger partial charge on any atom is 0.270 e. The van der Waals surface area contributed by atoms with Crippen LogP contribution in [0.15, 0.2) is 65.6 Å². The third kappa shape index (κ3) is 3.03. The number of benzene rings is 3. The van der Waals surface area contributed by atoms with Gasteiger partial charge in [0, 0.05) is 21.0 Å². The highest BCUT2D eigenvalue weighted by molar-refractivity contribution is 8.27. The Hall–Kier alpha value is -1.85. The lowest BCUT2D eigenvalue weighted by Crippen LogP contribution is -2.27. The molecule has 4 rings (SSSR count). The Morgan fingerprint density at radius 2 is 1.58 bits per heavy atom. The van der Waals surface area contributed by atoms with Gasteiger partial charge in [-0.05, 0) is 29.7 Å². The highest BCUT2D eigenvalue weighted by atomic mass is 35.5. The molecule has 1 aliphatic heterocycles. The lowest BCUT2D eigenvalue weighted by molar-refractivity contribution is -0.113. The molecule has 0 bridgehead atoms. The number of fused-ring (bicyclic) bond motifs is 1. The Bertz CT molecular complexity index is 1070. The van der Waals surface area contributed by atoms with Crippen LogP contribution in [0.2, 0.25) is 10.0 Å². The second-order valence-electron chi connectivity index (χ2n) is 5.65. The molecule has 0 spiro atoms. The summed E-state index contributed by atoms with van der Waals surface area (Å²) in [7, 11) is 0. The standard InChI is InChI=1S/C20H11Cl2NOS2/c21-15-8-4-9-16(22)14(15)11-18-19(24)23(20(25)26-18)17-10-3-6-12-5-1-2-7-13(12)17/h1-11H/b18-11-. The molecule has 0 aliphatic carbocycles. The van der Waals surface area contributed by atoms with Crippen molar-refractivity contribution in [3.8, 4) is 0 Å². The summed E-state index contributed by atoms with van der Waals surface area (Å²) in [4.78, 5) is 15.1. The Morgan fingerprint density at radius 3 is 2.35 bits per heavy atom. The van der Waals surface area contributed by atoms with Gasteiger partial charge in [0.05, 0.1) is 10.6 Å². The van der Waals surface area contributed by atoms with Gasteiger partial charge in [-0.25, -0.2) is 0 Å². The molecule has 26 heavy (non-hydrogen) atoms. The molecule has 1 heterocycles. The number of carbonyl (C=O) groups excluding carboxylic acids is 1. The first kappa shape index (κ1) is 17.6. The Balaban J connectivity index is 1.80. The van der Waals surface area contributed by atoms with Gasteiger partial charge in [-0.2, -0.15) is 0 Å². The molecule has 0 unspecified atom stereocenters. The largest absolute Gasteiger partial charge is 0.270 e. The summed E-state index contributed by atoms with van der Waals surface area (Å²) < 4.78 is 0.487. The molecule has 1 saturated heterocycles. The van der Waals surface area contributed by atoms with Crippen LogP contribution >= 0.6 is 47.2 Å². The molecule has 0 aromatic heterocycles. The minimum atomic E-state index is -0.174. The van der Waals surface area contributed by atoms with E-state index in [0.29, 0.717) is 24.8 Å². The van der Waals surface area contributed by atoms with Crippen molar-refractivity contribution in [2.75, 3.05) is 4.90 Å².